The van der Waals surface area contributed by atoms with Crippen molar-refractivity contribution in [3.63, 3.8) is 0 Å². The van der Waals surface area contributed by atoms with Crippen molar-refractivity contribution < 1.29 is 18.7 Å². The molecule has 1 atom stereocenters. The predicted octanol–water partition coefficient (Wildman–Crippen LogP) is 4.74. The summed E-state index contributed by atoms with van der Waals surface area (Å²) in [5, 5.41) is 2.72. The van der Waals surface area contributed by atoms with Gasteiger partial charge in [-0.1, -0.05) is 30.8 Å². The quantitative estimate of drug-likeness (QED) is 0.624. The summed E-state index contributed by atoms with van der Waals surface area (Å²) in [5.74, 6) is -0.579. The Kier molecular flexibility index (Phi) is 8.10. The molecule has 2 aromatic carbocycles. The average molecular weight is 468 g/mol. The molecule has 182 valence electrons. The average Bonchev–Trinajstić information content (AvgIpc) is 2.77. The molecule has 2 aromatic rings. The lowest BCUT2D eigenvalue weighted by Crippen LogP contribution is -2.54. The molecule has 2 amide bonds. The third kappa shape index (κ3) is 6.90. The van der Waals surface area contributed by atoms with Crippen LogP contribution in [0.4, 0.5) is 9.18 Å². The maximum Gasteiger partial charge on any atom is 0.410 e. The topological polar surface area (TPSA) is 61.9 Å². The number of hydrogen-bond acceptors (Lipinski definition) is 4. The molecule has 1 heterocycles. The SMILES string of the molecule is C=CC(=O)NCc1ccc(F)c(-c2cccc(CN3CCN(C(=O)OC(C)(C)C)C(C)C3)c2)c1. The predicted molar refractivity (Wildman–Crippen MR) is 132 cm³/mol. The highest BCUT2D eigenvalue weighted by Crippen LogP contribution is 2.26. The monoisotopic (exact) mass is 467 g/mol. The molecule has 34 heavy (non-hydrogen) atoms. The molecule has 7 heteroatoms. The van der Waals surface area contributed by atoms with Crippen LogP contribution in [0.25, 0.3) is 11.1 Å². The highest BCUT2D eigenvalue weighted by Gasteiger charge is 2.30. The molecule has 0 bridgehead atoms. The third-order valence-electron chi connectivity index (χ3n) is 5.67. The Morgan fingerprint density at radius 2 is 1.94 bits per heavy atom. The van der Waals surface area contributed by atoms with E-state index in [1.54, 1.807) is 17.0 Å². The number of piperazine rings is 1. The van der Waals surface area contributed by atoms with Crippen LogP contribution in [0.5, 0.6) is 0 Å². The molecule has 1 aliphatic heterocycles. The fourth-order valence-electron chi connectivity index (χ4n) is 4.03. The molecule has 0 aromatic heterocycles. The number of amides is 2. The van der Waals surface area contributed by atoms with Crippen molar-refractivity contribution in [2.75, 3.05) is 19.6 Å². The van der Waals surface area contributed by atoms with Crippen LogP contribution in [-0.4, -0.2) is 53.1 Å². The first-order valence-corrected chi connectivity index (χ1v) is 11.6. The van der Waals surface area contributed by atoms with Gasteiger partial charge in [-0.05, 0) is 68.7 Å². The number of benzene rings is 2. The zero-order chi connectivity index (χ0) is 24.9. The van der Waals surface area contributed by atoms with Gasteiger partial charge in [0.2, 0.25) is 5.91 Å². The molecule has 0 aliphatic carbocycles. The summed E-state index contributed by atoms with van der Waals surface area (Å²) < 4.78 is 20.2. The molecular formula is C27H34FN3O3. The van der Waals surface area contributed by atoms with E-state index in [0.717, 1.165) is 29.8 Å². The van der Waals surface area contributed by atoms with E-state index in [-0.39, 0.29) is 23.9 Å². The van der Waals surface area contributed by atoms with E-state index >= 15 is 0 Å². The van der Waals surface area contributed by atoms with Gasteiger partial charge in [-0.2, -0.15) is 0 Å². The van der Waals surface area contributed by atoms with Crippen molar-refractivity contribution in [2.45, 2.75) is 52.4 Å². The summed E-state index contributed by atoms with van der Waals surface area (Å²) in [6.45, 7) is 14.2. The second kappa shape index (κ2) is 10.8. The molecule has 0 spiro atoms. The largest absolute Gasteiger partial charge is 0.444 e. The first kappa shape index (κ1) is 25.4. The standard InChI is InChI=1S/C27H34FN3O3/c1-6-25(32)29-16-20-10-11-24(28)23(15-20)22-9-7-8-21(14-22)18-30-12-13-31(19(2)17-30)26(33)34-27(3,4)5/h6-11,14-15,19H,1,12-13,16-18H2,2-5H3,(H,29,32). The lowest BCUT2D eigenvalue weighted by molar-refractivity contribution is -0.116. The zero-order valence-electron chi connectivity index (χ0n) is 20.4. The van der Waals surface area contributed by atoms with Gasteiger partial charge in [0.1, 0.15) is 11.4 Å². The van der Waals surface area contributed by atoms with Crippen molar-refractivity contribution in [3.8, 4) is 11.1 Å². The molecular weight excluding hydrogens is 433 g/mol. The van der Waals surface area contributed by atoms with E-state index in [2.05, 4.69) is 16.8 Å². The number of hydrogen-bond donors (Lipinski definition) is 1. The van der Waals surface area contributed by atoms with E-state index in [1.807, 2.05) is 52.0 Å². The number of nitrogens with zero attached hydrogens (tertiary/aromatic N) is 2. The second-order valence-electron chi connectivity index (χ2n) is 9.69. The zero-order valence-corrected chi connectivity index (χ0v) is 20.4. The fourth-order valence-corrected chi connectivity index (χ4v) is 4.03. The van der Waals surface area contributed by atoms with Gasteiger partial charge in [0.05, 0.1) is 0 Å². The second-order valence-corrected chi connectivity index (χ2v) is 9.69. The van der Waals surface area contributed by atoms with E-state index in [1.165, 1.54) is 12.1 Å². The number of ether oxygens (including phenoxy) is 1. The smallest absolute Gasteiger partial charge is 0.410 e. The van der Waals surface area contributed by atoms with Crippen LogP contribution >= 0.6 is 0 Å². The minimum Gasteiger partial charge on any atom is -0.444 e. The minimum absolute atomic E-state index is 0.0340. The molecule has 1 N–H and O–H groups in total. The molecule has 3 rings (SSSR count). The molecule has 0 saturated carbocycles. The fraction of sp³-hybridized carbons (Fsp3) is 0.407. The Morgan fingerprint density at radius 3 is 2.62 bits per heavy atom. The van der Waals surface area contributed by atoms with Crippen molar-refractivity contribution in [1.82, 2.24) is 15.1 Å². The van der Waals surface area contributed by atoms with Gasteiger partial charge in [0.15, 0.2) is 0 Å². The normalized spacial score (nSPS) is 16.7. The van der Waals surface area contributed by atoms with Crippen molar-refractivity contribution in [3.05, 3.63) is 72.1 Å². The van der Waals surface area contributed by atoms with Gasteiger partial charge < -0.3 is 15.0 Å². The number of rotatable bonds is 6. The molecule has 6 nitrogen and oxygen atoms in total. The first-order chi connectivity index (χ1) is 16.1. The van der Waals surface area contributed by atoms with E-state index in [4.69, 9.17) is 4.74 Å². The molecule has 1 unspecified atom stereocenters. The highest BCUT2D eigenvalue weighted by molar-refractivity contribution is 5.86. The molecule has 1 saturated heterocycles. The number of carbonyl (C=O) groups is 2. The summed E-state index contributed by atoms with van der Waals surface area (Å²) in [6.07, 6.45) is 0.934. The van der Waals surface area contributed by atoms with Crippen LogP contribution in [0.3, 0.4) is 0 Å². The maximum absolute atomic E-state index is 14.6. The summed E-state index contributed by atoms with van der Waals surface area (Å²) in [4.78, 5) is 28.0. The molecule has 0 radical (unpaired) electrons. The Bertz CT molecular complexity index is 1050. The van der Waals surface area contributed by atoms with Crippen LogP contribution < -0.4 is 5.32 Å². The van der Waals surface area contributed by atoms with E-state index in [0.29, 0.717) is 25.2 Å². The van der Waals surface area contributed by atoms with E-state index < -0.39 is 5.60 Å². The van der Waals surface area contributed by atoms with Gasteiger partial charge in [-0.25, -0.2) is 9.18 Å². The van der Waals surface area contributed by atoms with Gasteiger partial charge in [-0.15, -0.1) is 0 Å². The number of nitrogens with one attached hydrogen (secondary N) is 1. The van der Waals surface area contributed by atoms with E-state index in [9.17, 15) is 14.0 Å². The molecule has 1 fully saturated rings. The van der Waals surface area contributed by atoms with Crippen molar-refractivity contribution >= 4 is 12.0 Å². The summed E-state index contributed by atoms with van der Waals surface area (Å²) in [6, 6.07) is 12.7. The van der Waals surface area contributed by atoms with Gasteiger partial charge >= 0.3 is 6.09 Å². The number of carbonyl (C=O) groups excluding carboxylic acids is 2. The Balaban J connectivity index is 1.67. The Labute approximate surface area is 201 Å². The Morgan fingerprint density at radius 1 is 1.18 bits per heavy atom. The molecule has 1 aliphatic rings. The number of halogens is 1. The van der Waals surface area contributed by atoms with Gasteiger partial charge in [0.25, 0.3) is 0 Å². The van der Waals surface area contributed by atoms with Crippen LogP contribution in [0.1, 0.15) is 38.8 Å². The third-order valence-corrected chi connectivity index (χ3v) is 5.67. The first-order valence-electron chi connectivity index (χ1n) is 11.6. The van der Waals surface area contributed by atoms with Crippen molar-refractivity contribution in [2.24, 2.45) is 0 Å². The lowest BCUT2D eigenvalue weighted by atomic mass is 10.00. The van der Waals surface area contributed by atoms with Crippen LogP contribution in [0, 0.1) is 5.82 Å². The van der Waals surface area contributed by atoms with Crippen molar-refractivity contribution in [1.29, 1.82) is 0 Å². The minimum atomic E-state index is -0.516. The lowest BCUT2D eigenvalue weighted by Gasteiger charge is -2.40. The summed E-state index contributed by atoms with van der Waals surface area (Å²) in [5.41, 5.74) is 2.64. The highest BCUT2D eigenvalue weighted by atomic mass is 19.1. The van der Waals surface area contributed by atoms with Gasteiger partial charge in [0, 0.05) is 44.3 Å². The summed E-state index contributed by atoms with van der Waals surface area (Å²) >= 11 is 0. The summed E-state index contributed by atoms with van der Waals surface area (Å²) in [7, 11) is 0. The van der Waals surface area contributed by atoms with Crippen LogP contribution in [-0.2, 0) is 22.6 Å². The Hall–Kier alpha value is -3.19. The van der Waals surface area contributed by atoms with Crippen LogP contribution in [0.15, 0.2) is 55.1 Å². The van der Waals surface area contributed by atoms with Crippen LogP contribution in [0.2, 0.25) is 0 Å². The van der Waals surface area contributed by atoms with Gasteiger partial charge in [-0.3, -0.25) is 9.69 Å². The maximum atomic E-state index is 14.6.